The average Bonchev–Trinajstić information content (AvgIpc) is 2.83. The zero-order valence-corrected chi connectivity index (χ0v) is 10.8. The molecule has 92 valence electrons. The number of carbonyl (C=O) groups excluding carboxylic acids is 1. The van der Waals surface area contributed by atoms with Crippen molar-refractivity contribution in [3.05, 3.63) is 35.2 Å². The Morgan fingerprint density at radius 2 is 2.33 bits per heavy atom. The number of nitrogens with one attached hydrogen (secondary N) is 1. The normalized spacial score (nSPS) is 12.0. The van der Waals surface area contributed by atoms with E-state index in [4.69, 9.17) is 11.2 Å². The molecule has 0 spiro atoms. The number of benzene rings is 1. The molecule has 0 aliphatic heterocycles. The molecule has 2 rings (SSSR count). The van der Waals surface area contributed by atoms with Crippen molar-refractivity contribution in [2.75, 3.05) is 13.7 Å². The van der Waals surface area contributed by atoms with Gasteiger partial charge in [0.2, 0.25) is 0 Å². The molecule has 0 aliphatic rings. The second-order valence-electron chi connectivity index (χ2n) is 3.73. The maximum atomic E-state index is 11.8. The minimum atomic E-state index is -0.512. The Labute approximate surface area is 110 Å². The molecule has 1 N–H and O–H groups in total. The summed E-state index contributed by atoms with van der Waals surface area (Å²) in [5.41, 5.74) is 0.915. The third kappa shape index (κ3) is 2.37. The number of terminal acetylenes is 1. The highest BCUT2D eigenvalue weighted by Gasteiger charge is 2.23. The van der Waals surface area contributed by atoms with Gasteiger partial charge in [-0.2, -0.15) is 0 Å². The lowest BCUT2D eigenvalue weighted by Crippen LogP contribution is -2.29. The largest absolute Gasteiger partial charge is 0.468 e. The Hall–Kier alpha value is -1.83. The number of carbonyl (C=O) groups is 1. The Balaban J connectivity index is 2.41. The molecular formula is C14H13NO2S. The van der Waals surface area contributed by atoms with Gasteiger partial charge >= 0.3 is 5.97 Å². The highest BCUT2D eigenvalue weighted by molar-refractivity contribution is 7.17. The molecule has 1 aromatic heterocycles. The van der Waals surface area contributed by atoms with E-state index < -0.39 is 6.04 Å². The molecule has 0 radical (unpaired) electrons. The van der Waals surface area contributed by atoms with E-state index in [9.17, 15) is 4.79 Å². The summed E-state index contributed by atoms with van der Waals surface area (Å²) in [6.07, 6.45) is 5.22. The van der Waals surface area contributed by atoms with Crippen LogP contribution in [0.1, 0.15) is 11.6 Å². The third-order valence-corrected chi connectivity index (χ3v) is 3.65. The summed E-state index contributed by atoms with van der Waals surface area (Å²) in [5.74, 6) is 2.15. The van der Waals surface area contributed by atoms with Crippen LogP contribution in [0.5, 0.6) is 0 Å². The number of rotatable bonds is 4. The summed E-state index contributed by atoms with van der Waals surface area (Å²) in [6, 6.07) is 7.44. The molecule has 0 saturated heterocycles. The number of methoxy groups -OCH3 is 1. The summed E-state index contributed by atoms with van der Waals surface area (Å²) < 4.78 is 5.96. The molecule has 0 saturated carbocycles. The van der Waals surface area contributed by atoms with Crippen LogP contribution in [0.15, 0.2) is 29.6 Å². The molecule has 3 nitrogen and oxygen atoms in total. The van der Waals surface area contributed by atoms with E-state index in [-0.39, 0.29) is 5.97 Å². The van der Waals surface area contributed by atoms with Crippen LogP contribution >= 0.6 is 11.3 Å². The standard InChI is InChI=1S/C14H13NO2S/c1-3-8-15-13(14(16)17-2)11-9-18-12-7-5-4-6-10(11)12/h1,4-7,9,13,15H,8H2,2H3. The van der Waals surface area contributed by atoms with E-state index in [2.05, 4.69) is 11.2 Å². The average molecular weight is 259 g/mol. The summed E-state index contributed by atoms with van der Waals surface area (Å²) in [7, 11) is 1.38. The minimum absolute atomic E-state index is 0.323. The molecule has 0 fully saturated rings. The zero-order valence-electron chi connectivity index (χ0n) is 9.97. The molecule has 0 amide bonds. The lowest BCUT2D eigenvalue weighted by molar-refractivity contribution is -0.143. The van der Waals surface area contributed by atoms with E-state index in [1.807, 2.05) is 29.6 Å². The highest BCUT2D eigenvalue weighted by Crippen LogP contribution is 2.30. The van der Waals surface area contributed by atoms with Crippen molar-refractivity contribution in [3.8, 4) is 12.3 Å². The molecule has 18 heavy (non-hydrogen) atoms. The van der Waals surface area contributed by atoms with Crippen molar-refractivity contribution < 1.29 is 9.53 Å². The van der Waals surface area contributed by atoms with Crippen molar-refractivity contribution in [2.24, 2.45) is 0 Å². The fraction of sp³-hybridized carbons (Fsp3) is 0.214. The van der Waals surface area contributed by atoms with Crippen molar-refractivity contribution in [1.29, 1.82) is 0 Å². The smallest absolute Gasteiger partial charge is 0.327 e. The third-order valence-electron chi connectivity index (χ3n) is 2.67. The number of hydrogen-bond donors (Lipinski definition) is 1. The molecule has 1 unspecified atom stereocenters. The van der Waals surface area contributed by atoms with Gasteiger partial charge in [0.15, 0.2) is 0 Å². The molecule has 0 bridgehead atoms. The Morgan fingerprint density at radius 3 is 3.06 bits per heavy atom. The Morgan fingerprint density at radius 1 is 1.56 bits per heavy atom. The second-order valence-corrected chi connectivity index (χ2v) is 4.64. The fourth-order valence-electron chi connectivity index (χ4n) is 1.82. The maximum Gasteiger partial charge on any atom is 0.327 e. The van der Waals surface area contributed by atoms with Gasteiger partial charge in [-0.25, -0.2) is 4.79 Å². The lowest BCUT2D eigenvalue weighted by Gasteiger charge is -2.14. The van der Waals surface area contributed by atoms with Gasteiger partial charge in [-0.1, -0.05) is 24.1 Å². The van der Waals surface area contributed by atoms with Gasteiger partial charge in [0, 0.05) is 4.70 Å². The van der Waals surface area contributed by atoms with Gasteiger partial charge in [0.05, 0.1) is 13.7 Å². The van der Waals surface area contributed by atoms with Crippen LogP contribution in [-0.4, -0.2) is 19.6 Å². The molecule has 4 heteroatoms. The van der Waals surface area contributed by atoms with Gasteiger partial charge in [0.1, 0.15) is 6.04 Å². The number of hydrogen-bond acceptors (Lipinski definition) is 4. The van der Waals surface area contributed by atoms with E-state index in [0.29, 0.717) is 6.54 Å². The van der Waals surface area contributed by atoms with Gasteiger partial charge in [-0.15, -0.1) is 17.8 Å². The molecule has 0 aliphatic carbocycles. The molecule has 1 heterocycles. The van der Waals surface area contributed by atoms with Crippen LogP contribution in [0.2, 0.25) is 0 Å². The number of thiophene rings is 1. The van der Waals surface area contributed by atoms with Gasteiger partial charge in [0.25, 0.3) is 0 Å². The zero-order chi connectivity index (χ0) is 13.0. The Kier molecular flexibility index (Phi) is 3.98. The minimum Gasteiger partial charge on any atom is -0.468 e. The van der Waals surface area contributed by atoms with Crippen molar-refractivity contribution in [1.82, 2.24) is 5.32 Å². The van der Waals surface area contributed by atoms with E-state index >= 15 is 0 Å². The summed E-state index contributed by atoms with van der Waals surface area (Å²) in [5, 5.41) is 6.04. The first-order valence-corrected chi connectivity index (χ1v) is 6.36. The van der Waals surface area contributed by atoms with Crippen molar-refractivity contribution in [3.63, 3.8) is 0 Å². The first kappa shape index (κ1) is 12.6. The number of ether oxygens (including phenoxy) is 1. The lowest BCUT2D eigenvalue weighted by atomic mass is 10.1. The van der Waals surface area contributed by atoms with E-state index in [1.54, 1.807) is 11.3 Å². The molecular weight excluding hydrogens is 246 g/mol. The van der Waals surface area contributed by atoms with Gasteiger partial charge in [-0.05, 0) is 22.4 Å². The maximum absolute atomic E-state index is 11.8. The monoisotopic (exact) mass is 259 g/mol. The SMILES string of the molecule is C#CCNC(C(=O)OC)c1csc2ccccc12. The fourth-order valence-corrected chi connectivity index (χ4v) is 2.81. The van der Waals surface area contributed by atoms with Crippen LogP contribution < -0.4 is 5.32 Å². The first-order valence-electron chi connectivity index (χ1n) is 5.48. The first-order chi connectivity index (χ1) is 8.77. The van der Waals surface area contributed by atoms with Crippen LogP contribution in [0.25, 0.3) is 10.1 Å². The predicted octanol–water partition coefficient (Wildman–Crippen LogP) is 2.34. The summed E-state index contributed by atoms with van der Waals surface area (Å²) in [6.45, 7) is 0.323. The molecule has 1 aromatic carbocycles. The summed E-state index contributed by atoms with van der Waals surface area (Å²) in [4.78, 5) is 11.8. The molecule has 1 atom stereocenters. The van der Waals surface area contributed by atoms with Crippen LogP contribution in [0, 0.1) is 12.3 Å². The van der Waals surface area contributed by atoms with Crippen LogP contribution in [0.4, 0.5) is 0 Å². The topological polar surface area (TPSA) is 38.3 Å². The van der Waals surface area contributed by atoms with E-state index in [0.717, 1.165) is 15.6 Å². The Bertz CT molecular complexity index is 597. The highest BCUT2D eigenvalue weighted by atomic mass is 32.1. The number of fused-ring (bicyclic) bond motifs is 1. The molecule has 2 aromatic rings. The van der Waals surface area contributed by atoms with Crippen LogP contribution in [-0.2, 0) is 9.53 Å². The van der Waals surface area contributed by atoms with E-state index in [1.165, 1.54) is 7.11 Å². The second kappa shape index (κ2) is 5.67. The van der Waals surface area contributed by atoms with Gasteiger partial charge < -0.3 is 4.74 Å². The van der Waals surface area contributed by atoms with Crippen LogP contribution in [0.3, 0.4) is 0 Å². The quantitative estimate of drug-likeness (QED) is 0.676. The predicted molar refractivity (Wildman–Crippen MR) is 73.4 cm³/mol. The van der Waals surface area contributed by atoms with Crippen molar-refractivity contribution >= 4 is 27.4 Å². The summed E-state index contributed by atoms with van der Waals surface area (Å²) >= 11 is 1.60. The van der Waals surface area contributed by atoms with Crippen molar-refractivity contribution in [2.45, 2.75) is 6.04 Å². The van der Waals surface area contributed by atoms with Gasteiger partial charge in [-0.3, -0.25) is 5.32 Å². The number of esters is 1.